The van der Waals surface area contributed by atoms with Crippen molar-refractivity contribution in [3.63, 3.8) is 0 Å². The molecule has 0 aromatic heterocycles. The van der Waals surface area contributed by atoms with Crippen LogP contribution in [-0.2, 0) is 4.52 Å². The highest BCUT2D eigenvalue weighted by atomic mass is 31.2. The van der Waals surface area contributed by atoms with Crippen LogP contribution in [0.5, 0.6) is 0 Å². The molecule has 2 rings (SSSR count). The van der Waals surface area contributed by atoms with Crippen LogP contribution in [0.3, 0.4) is 0 Å². The van der Waals surface area contributed by atoms with Gasteiger partial charge in [0.1, 0.15) is 5.85 Å². The largest absolute Gasteiger partial charge is 0.345 e. The lowest BCUT2D eigenvalue weighted by molar-refractivity contribution is 0.433. The van der Waals surface area contributed by atoms with Crippen LogP contribution >= 0.6 is 8.15 Å². The van der Waals surface area contributed by atoms with E-state index in [2.05, 4.69) is 41.5 Å². The van der Waals surface area contributed by atoms with Crippen LogP contribution in [0.25, 0.3) is 0 Å². The van der Waals surface area contributed by atoms with Gasteiger partial charge >= 0.3 is 0 Å². The standard InChI is InChI=1S/C14H23OP/c1-7-8-13-15-16(13)14(6)11(4)9(2)10(3)12(14)5/h13H,7-8H2,1-6H3. The molecule has 0 aromatic rings. The van der Waals surface area contributed by atoms with Crippen molar-refractivity contribution in [2.75, 3.05) is 0 Å². The van der Waals surface area contributed by atoms with Crippen LogP contribution < -0.4 is 0 Å². The topological polar surface area (TPSA) is 12.5 Å². The maximum atomic E-state index is 5.98. The smallest absolute Gasteiger partial charge is 0.107 e. The van der Waals surface area contributed by atoms with Crippen molar-refractivity contribution in [3.05, 3.63) is 22.3 Å². The van der Waals surface area contributed by atoms with Crippen LogP contribution in [-0.4, -0.2) is 11.0 Å². The highest BCUT2D eigenvalue weighted by molar-refractivity contribution is 7.61. The number of hydrogen-bond donors (Lipinski definition) is 0. The van der Waals surface area contributed by atoms with Crippen molar-refractivity contribution in [2.45, 2.75) is 65.4 Å². The van der Waals surface area contributed by atoms with Gasteiger partial charge in [0.15, 0.2) is 0 Å². The first kappa shape index (κ1) is 12.3. The van der Waals surface area contributed by atoms with Gasteiger partial charge in [-0.15, -0.1) is 0 Å². The van der Waals surface area contributed by atoms with Gasteiger partial charge in [-0.05, 0) is 52.2 Å². The van der Waals surface area contributed by atoms with Crippen LogP contribution in [0.2, 0.25) is 0 Å². The Morgan fingerprint density at radius 2 is 1.62 bits per heavy atom. The first-order chi connectivity index (χ1) is 7.44. The van der Waals surface area contributed by atoms with Crippen LogP contribution in [0.1, 0.15) is 54.4 Å². The maximum Gasteiger partial charge on any atom is 0.107 e. The quantitative estimate of drug-likeness (QED) is 0.498. The molecule has 90 valence electrons. The third-order valence-electron chi connectivity index (χ3n) is 4.58. The Kier molecular flexibility index (Phi) is 3.05. The summed E-state index contributed by atoms with van der Waals surface area (Å²) in [5.41, 5.74) is 6.08. The van der Waals surface area contributed by atoms with Gasteiger partial charge in [-0.25, -0.2) is 0 Å². The monoisotopic (exact) mass is 238 g/mol. The van der Waals surface area contributed by atoms with Gasteiger partial charge in [0.05, 0.1) is 13.3 Å². The van der Waals surface area contributed by atoms with Gasteiger partial charge in [-0.3, -0.25) is 0 Å². The Bertz CT molecular complexity index is 354. The molecule has 0 aromatic carbocycles. The summed E-state index contributed by atoms with van der Waals surface area (Å²) >= 11 is 0. The molecule has 0 spiro atoms. The molecule has 0 saturated carbocycles. The third-order valence-corrected chi connectivity index (χ3v) is 7.29. The molecule has 1 aliphatic carbocycles. The van der Waals surface area contributed by atoms with E-state index in [1.54, 1.807) is 11.1 Å². The first-order valence-corrected chi connectivity index (χ1v) is 7.59. The average molecular weight is 238 g/mol. The molecule has 2 unspecified atom stereocenters. The zero-order chi connectivity index (χ0) is 12.1. The highest BCUT2D eigenvalue weighted by Crippen LogP contribution is 2.76. The van der Waals surface area contributed by atoms with E-state index in [-0.39, 0.29) is 13.3 Å². The summed E-state index contributed by atoms with van der Waals surface area (Å²) in [6.45, 7) is 13.7. The summed E-state index contributed by atoms with van der Waals surface area (Å²) in [4.78, 5) is 0. The van der Waals surface area contributed by atoms with Crippen molar-refractivity contribution in [2.24, 2.45) is 0 Å². The molecule has 1 saturated heterocycles. The fraction of sp³-hybridized carbons (Fsp3) is 0.714. The molecule has 16 heavy (non-hydrogen) atoms. The molecule has 0 bridgehead atoms. The first-order valence-electron chi connectivity index (χ1n) is 6.27. The predicted molar refractivity (Wildman–Crippen MR) is 71.9 cm³/mol. The van der Waals surface area contributed by atoms with Crippen LogP contribution in [0.15, 0.2) is 22.3 Å². The Balaban J connectivity index is 2.28. The van der Waals surface area contributed by atoms with Gasteiger partial charge in [0.2, 0.25) is 0 Å². The van der Waals surface area contributed by atoms with Gasteiger partial charge in [0, 0.05) is 0 Å². The lowest BCUT2D eigenvalue weighted by Gasteiger charge is -2.27. The maximum absolute atomic E-state index is 5.98. The van der Waals surface area contributed by atoms with Crippen molar-refractivity contribution in [3.8, 4) is 0 Å². The Labute approximate surface area is 101 Å². The molecule has 0 N–H and O–H groups in total. The number of allylic oxidation sites excluding steroid dienone is 4. The average Bonchev–Trinajstić information content (AvgIpc) is 3.01. The Morgan fingerprint density at radius 1 is 1.12 bits per heavy atom. The summed E-state index contributed by atoms with van der Waals surface area (Å²) in [6.07, 6.45) is 2.48. The van der Waals surface area contributed by atoms with Crippen LogP contribution in [0.4, 0.5) is 0 Å². The molecule has 2 aliphatic rings. The van der Waals surface area contributed by atoms with E-state index in [0.717, 1.165) is 0 Å². The molecule has 2 heteroatoms. The number of rotatable bonds is 3. The fourth-order valence-corrected chi connectivity index (χ4v) is 5.55. The normalized spacial score (nSPS) is 32.6. The third kappa shape index (κ3) is 1.52. The van der Waals surface area contributed by atoms with Crippen molar-refractivity contribution in [1.29, 1.82) is 0 Å². The van der Waals surface area contributed by atoms with E-state index in [1.807, 2.05) is 0 Å². The van der Waals surface area contributed by atoms with E-state index in [9.17, 15) is 0 Å². The molecule has 0 radical (unpaired) electrons. The van der Waals surface area contributed by atoms with E-state index in [1.165, 1.54) is 24.0 Å². The summed E-state index contributed by atoms with van der Waals surface area (Å²) in [6, 6.07) is 0. The van der Waals surface area contributed by atoms with E-state index < -0.39 is 0 Å². The van der Waals surface area contributed by atoms with Gasteiger partial charge < -0.3 is 4.52 Å². The minimum absolute atomic E-state index is 0.239. The zero-order valence-corrected chi connectivity index (χ0v) is 12.2. The number of hydrogen-bond acceptors (Lipinski definition) is 1. The second-order valence-corrected chi connectivity index (χ2v) is 7.58. The second kappa shape index (κ2) is 3.96. The lowest BCUT2D eigenvalue weighted by Crippen LogP contribution is -2.20. The minimum Gasteiger partial charge on any atom is -0.345 e. The zero-order valence-electron chi connectivity index (χ0n) is 11.3. The van der Waals surface area contributed by atoms with Gasteiger partial charge in [-0.2, -0.15) is 0 Å². The van der Waals surface area contributed by atoms with Gasteiger partial charge in [0.25, 0.3) is 0 Å². The highest BCUT2D eigenvalue weighted by Gasteiger charge is 2.55. The molecule has 1 nitrogen and oxygen atoms in total. The van der Waals surface area contributed by atoms with E-state index in [4.69, 9.17) is 4.52 Å². The minimum atomic E-state index is -0.251. The summed E-state index contributed by atoms with van der Waals surface area (Å²) in [7, 11) is -0.251. The van der Waals surface area contributed by atoms with Crippen molar-refractivity contribution >= 4 is 8.15 Å². The molecular weight excluding hydrogens is 215 g/mol. The molecule has 0 amide bonds. The predicted octanol–water partition coefficient (Wildman–Crippen LogP) is 4.98. The van der Waals surface area contributed by atoms with Crippen LogP contribution in [0, 0.1) is 0 Å². The molecule has 1 fully saturated rings. The SMILES string of the molecule is CCCC1OP1C1(C)C(C)=C(C)C(C)=C1C. The fourth-order valence-electron chi connectivity index (χ4n) is 2.82. The Hall–Kier alpha value is -0.130. The van der Waals surface area contributed by atoms with E-state index in [0.29, 0.717) is 5.85 Å². The summed E-state index contributed by atoms with van der Waals surface area (Å²) in [5, 5.41) is 0.239. The van der Waals surface area contributed by atoms with Crippen molar-refractivity contribution < 1.29 is 4.52 Å². The summed E-state index contributed by atoms with van der Waals surface area (Å²) < 4.78 is 5.98. The Morgan fingerprint density at radius 3 is 2.06 bits per heavy atom. The van der Waals surface area contributed by atoms with Gasteiger partial charge in [-0.1, -0.05) is 24.5 Å². The molecular formula is C14H23OP. The van der Waals surface area contributed by atoms with E-state index >= 15 is 0 Å². The molecule has 2 atom stereocenters. The molecule has 1 aliphatic heterocycles. The second-order valence-electron chi connectivity index (χ2n) is 5.25. The molecule has 1 heterocycles. The summed E-state index contributed by atoms with van der Waals surface area (Å²) in [5.74, 6) is 0.564. The van der Waals surface area contributed by atoms with Crippen molar-refractivity contribution in [1.82, 2.24) is 0 Å². The lowest BCUT2D eigenvalue weighted by atomic mass is 9.98.